The minimum Gasteiger partial charge on any atom is -0.480 e. The van der Waals surface area contributed by atoms with Crippen molar-refractivity contribution in [2.75, 3.05) is 13.1 Å². The molecule has 0 spiro atoms. The molecule has 17 heavy (non-hydrogen) atoms. The van der Waals surface area contributed by atoms with Crippen LogP contribution in [0.25, 0.3) is 0 Å². The van der Waals surface area contributed by atoms with E-state index < -0.39 is 5.97 Å². The molecule has 5 heteroatoms. The molecule has 2 N–H and O–H groups in total. The summed E-state index contributed by atoms with van der Waals surface area (Å²) >= 11 is 0. The summed E-state index contributed by atoms with van der Waals surface area (Å²) in [6.45, 7) is 6.22. The zero-order chi connectivity index (χ0) is 13.1. The third kappa shape index (κ3) is 3.61. The van der Waals surface area contributed by atoms with Gasteiger partial charge in [0.2, 0.25) is 0 Å². The van der Waals surface area contributed by atoms with Crippen LogP contribution < -0.4 is 5.32 Å². The maximum Gasteiger partial charge on any atom is 0.323 e. The van der Waals surface area contributed by atoms with E-state index in [1.807, 2.05) is 0 Å². The standard InChI is InChI=1S/C12H22N2O3/c1-4-14(8-10(15)16)11(17)13-9-6-5-7-12(9,2)3/h9H,4-8H2,1-3H3,(H,13,17)(H,15,16). The van der Waals surface area contributed by atoms with E-state index in [1.165, 1.54) is 4.90 Å². The Morgan fingerprint density at radius 1 is 1.47 bits per heavy atom. The molecule has 0 aliphatic heterocycles. The van der Waals surface area contributed by atoms with Gasteiger partial charge >= 0.3 is 12.0 Å². The molecule has 1 atom stereocenters. The van der Waals surface area contributed by atoms with Crippen LogP contribution in [-0.2, 0) is 4.79 Å². The van der Waals surface area contributed by atoms with E-state index in [9.17, 15) is 9.59 Å². The van der Waals surface area contributed by atoms with E-state index in [2.05, 4.69) is 19.2 Å². The molecule has 1 fully saturated rings. The molecule has 0 aromatic carbocycles. The topological polar surface area (TPSA) is 69.6 Å². The van der Waals surface area contributed by atoms with E-state index in [-0.39, 0.29) is 24.0 Å². The normalized spacial score (nSPS) is 22.2. The fourth-order valence-electron chi connectivity index (χ4n) is 2.33. The smallest absolute Gasteiger partial charge is 0.323 e. The molecule has 0 saturated heterocycles. The quantitative estimate of drug-likeness (QED) is 0.788. The number of carbonyl (C=O) groups is 2. The number of carboxylic acids is 1. The van der Waals surface area contributed by atoms with Gasteiger partial charge in [-0.15, -0.1) is 0 Å². The van der Waals surface area contributed by atoms with Gasteiger partial charge in [-0.05, 0) is 25.2 Å². The Labute approximate surface area is 102 Å². The van der Waals surface area contributed by atoms with Crippen molar-refractivity contribution in [3.05, 3.63) is 0 Å². The van der Waals surface area contributed by atoms with Gasteiger partial charge < -0.3 is 15.3 Å². The van der Waals surface area contributed by atoms with Crippen molar-refractivity contribution < 1.29 is 14.7 Å². The number of carboxylic acid groups (broad SMARTS) is 1. The van der Waals surface area contributed by atoms with Crippen LogP contribution in [-0.4, -0.2) is 41.1 Å². The number of likely N-dealkylation sites (N-methyl/N-ethyl adjacent to an activating group) is 1. The van der Waals surface area contributed by atoms with Gasteiger partial charge in [0, 0.05) is 12.6 Å². The number of rotatable bonds is 4. The maximum atomic E-state index is 11.9. The lowest BCUT2D eigenvalue weighted by molar-refractivity contribution is -0.137. The Morgan fingerprint density at radius 2 is 2.12 bits per heavy atom. The molecule has 1 unspecified atom stereocenters. The first kappa shape index (κ1) is 13.8. The number of hydrogen-bond donors (Lipinski definition) is 2. The summed E-state index contributed by atoms with van der Waals surface area (Å²) < 4.78 is 0. The van der Waals surface area contributed by atoms with Crippen molar-refractivity contribution in [1.82, 2.24) is 10.2 Å². The van der Waals surface area contributed by atoms with Crippen LogP contribution in [0.2, 0.25) is 0 Å². The molecule has 1 saturated carbocycles. The zero-order valence-corrected chi connectivity index (χ0v) is 10.8. The summed E-state index contributed by atoms with van der Waals surface area (Å²) in [5, 5.41) is 11.7. The Morgan fingerprint density at radius 3 is 2.53 bits per heavy atom. The Balaban J connectivity index is 2.55. The third-order valence-electron chi connectivity index (χ3n) is 3.55. The van der Waals surface area contributed by atoms with E-state index in [0.717, 1.165) is 19.3 Å². The Bertz CT molecular complexity index is 302. The minimum atomic E-state index is -0.979. The van der Waals surface area contributed by atoms with Gasteiger partial charge in [-0.25, -0.2) is 4.79 Å². The predicted molar refractivity (Wildman–Crippen MR) is 64.8 cm³/mol. The fraction of sp³-hybridized carbons (Fsp3) is 0.833. The molecular weight excluding hydrogens is 220 g/mol. The second kappa shape index (κ2) is 5.38. The van der Waals surface area contributed by atoms with Gasteiger partial charge in [0.15, 0.2) is 0 Å². The van der Waals surface area contributed by atoms with Crippen molar-refractivity contribution in [2.45, 2.75) is 46.1 Å². The molecule has 98 valence electrons. The second-order valence-corrected chi connectivity index (χ2v) is 5.29. The summed E-state index contributed by atoms with van der Waals surface area (Å²) in [5.41, 5.74) is 0.109. The van der Waals surface area contributed by atoms with Crippen LogP contribution in [0.4, 0.5) is 4.79 Å². The van der Waals surface area contributed by atoms with Gasteiger partial charge in [-0.1, -0.05) is 20.3 Å². The lowest BCUT2D eigenvalue weighted by Gasteiger charge is -2.30. The van der Waals surface area contributed by atoms with Crippen molar-refractivity contribution in [1.29, 1.82) is 0 Å². The molecule has 0 aromatic rings. The van der Waals surface area contributed by atoms with Crippen molar-refractivity contribution in [2.24, 2.45) is 5.41 Å². The van der Waals surface area contributed by atoms with Crippen LogP contribution in [0, 0.1) is 5.41 Å². The van der Waals surface area contributed by atoms with Crippen LogP contribution in [0.1, 0.15) is 40.0 Å². The van der Waals surface area contributed by atoms with Crippen LogP contribution >= 0.6 is 0 Å². The summed E-state index contributed by atoms with van der Waals surface area (Å²) in [6, 6.07) is -0.118. The van der Waals surface area contributed by atoms with Crippen molar-refractivity contribution in [3.63, 3.8) is 0 Å². The monoisotopic (exact) mass is 242 g/mol. The molecule has 1 aliphatic carbocycles. The summed E-state index contributed by atoms with van der Waals surface area (Å²) in [4.78, 5) is 23.8. The summed E-state index contributed by atoms with van der Waals surface area (Å²) in [5.74, 6) is -0.979. The minimum absolute atomic E-state index is 0.109. The first-order valence-corrected chi connectivity index (χ1v) is 6.14. The molecular formula is C12H22N2O3. The maximum absolute atomic E-state index is 11.9. The van der Waals surface area contributed by atoms with Crippen molar-refractivity contribution >= 4 is 12.0 Å². The SMILES string of the molecule is CCN(CC(=O)O)C(=O)NC1CCCC1(C)C. The summed E-state index contributed by atoms with van der Waals surface area (Å²) in [6.07, 6.45) is 3.19. The molecule has 0 heterocycles. The fourth-order valence-corrected chi connectivity index (χ4v) is 2.33. The number of aliphatic carboxylic acids is 1. The summed E-state index contributed by atoms with van der Waals surface area (Å²) in [7, 11) is 0. The number of nitrogens with zero attached hydrogens (tertiary/aromatic N) is 1. The highest BCUT2D eigenvalue weighted by Gasteiger charge is 2.36. The second-order valence-electron chi connectivity index (χ2n) is 5.29. The van der Waals surface area contributed by atoms with Gasteiger partial charge in [-0.3, -0.25) is 4.79 Å². The predicted octanol–water partition coefficient (Wildman–Crippen LogP) is 1.68. The molecule has 5 nitrogen and oxygen atoms in total. The van der Waals surface area contributed by atoms with Gasteiger partial charge in [-0.2, -0.15) is 0 Å². The molecule has 0 aromatic heterocycles. The lowest BCUT2D eigenvalue weighted by atomic mass is 9.87. The average Bonchev–Trinajstić information content (AvgIpc) is 2.54. The first-order valence-electron chi connectivity index (χ1n) is 6.14. The van der Waals surface area contributed by atoms with E-state index in [1.54, 1.807) is 6.92 Å². The average molecular weight is 242 g/mol. The Kier molecular flexibility index (Phi) is 4.37. The molecule has 2 amide bonds. The van der Waals surface area contributed by atoms with Gasteiger partial charge in [0.1, 0.15) is 6.54 Å². The third-order valence-corrected chi connectivity index (χ3v) is 3.55. The molecule has 0 bridgehead atoms. The van der Waals surface area contributed by atoms with Crippen LogP contribution in [0.3, 0.4) is 0 Å². The van der Waals surface area contributed by atoms with Crippen molar-refractivity contribution in [3.8, 4) is 0 Å². The number of amides is 2. The number of carbonyl (C=O) groups excluding carboxylic acids is 1. The number of nitrogens with one attached hydrogen (secondary N) is 1. The van der Waals surface area contributed by atoms with Crippen LogP contribution in [0.5, 0.6) is 0 Å². The number of hydrogen-bond acceptors (Lipinski definition) is 2. The molecule has 1 aliphatic rings. The highest BCUT2D eigenvalue weighted by Crippen LogP contribution is 2.37. The molecule has 0 radical (unpaired) electrons. The highest BCUT2D eigenvalue weighted by molar-refractivity contribution is 5.80. The lowest BCUT2D eigenvalue weighted by Crippen LogP contribution is -2.49. The van der Waals surface area contributed by atoms with E-state index in [4.69, 9.17) is 5.11 Å². The van der Waals surface area contributed by atoms with E-state index in [0.29, 0.717) is 6.54 Å². The van der Waals surface area contributed by atoms with Gasteiger partial charge in [0.05, 0.1) is 0 Å². The highest BCUT2D eigenvalue weighted by atomic mass is 16.4. The zero-order valence-electron chi connectivity index (χ0n) is 10.8. The Hall–Kier alpha value is -1.26. The molecule has 1 rings (SSSR count). The van der Waals surface area contributed by atoms with Gasteiger partial charge in [0.25, 0.3) is 0 Å². The largest absolute Gasteiger partial charge is 0.480 e. The first-order chi connectivity index (χ1) is 7.86. The van der Waals surface area contributed by atoms with Crippen LogP contribution in [0.15, 0.2) is 0 Å². The van der Waals surface area contributed by atoms with E-state index >= 15 is 0 Å². The number of urea groups is 1.